The lowest BCUT2D eigenvalue weighted by atomic mass is 9.84. The van der Waals surface area contributed by atoms with Gasteiger partial charge in [-0.05, 0) is 102 Å². The number of imidazole rings is 1. The summed E-state index contributed by atoms with van der Waals surface area (Å²) in [6.07, 6.45) is 6.64. The Kier molecular flexibility index (Phi) is 7.28. The van der Waals surface area contributed by atoms with Crippen molar-refractivity contribution in [1.82, 2.24) is 14.1 Å². The third-order valence-electron chi connectivity index (χ3n) is 10.3. The maximum absolute atomic E-state index is 5.36. The van der Waals surface area contributed by atoms with Crippen LogP contribution in [0.3, 0.4) is 0 Å². The predicted molar refractivity (Wildman–Crippen MR) is 195 cm³/mol. The fourth-order valence-electron chi connectivity index (χ4n) is 7.94. The first-order valence-corrected chi connectivity index (χ1v) is 17.2. The van der Waals surface area contributed by atoms with Crippen LogP contribution < -0.4 is 0 Å². The Morgan fingerprint density at radius 1 is 0.587 bits per heavy atom. The number of para-hydroxylation sites is 4. The second kappa shape index (κ2) is 11.6. The van der Waals surface area contributed by atoms with Crippen molar-refractivity contribution in [3.8, 4) is 22.8 Å². The van der Waals surface area contributed by atoms with E-state index >= 15 is 0 Å². The van der Waals surface area contributed by atoms with Crippen molar-refractivity contribution < 1.29 is 0 Å². The number of nitrogens with zero attached hydrogens (tertiary/aromatic N) is 3. The van der Waals surface area contributed by atoms with Gasteiger partial charge in [0.1, 0.15) is 5.82 Å². The molecular formula is C43H43N3. The van der Waals surface area contributed by atoms with Crippen LogP contribution in [-0.2, 0) is 0 Å². The first-order chi connectivity index (χ1) is 22.5. The molecule has 0 N–H and O–H groups in total. The van der Waals surface area contributed by atoms with Gasteiger partial charge in [-0.15, -0.1) is 0 Å². The van der Waals surface area contributed by atoms with Crippen molar-refractivity contribution in [3.05, 3.63) is 126 Å². The van der Waals surface area contributed by atoms with E-state index in [9.17, 15) is 0 Å². The zero-order valence-corrected chi connectivity index (χ0v) is 27.5. The van der Waals surface area contributed by atoms with Gasteiger partial charge in [-0.2, -0.15) is 0 Å². The van der Waals surface area contributed by atoms with E-state index in [2.05, 4.69) is 146 Å². The molecular weight excluding hydrogens is 558 g/mol. The molecule has 0 bridgehead atoms. The van der Waals surface area contributed by atoms with E-state index in [1.54, 1.807) is 0 Å². The zero-order valence-electron chi connectivity index (χ0n) is 27.5. The van der Waals surface area contributed by atoms with Gasteiger partial charge in [-0.3, -0.25) is 4.57 Å². The van der Waals surface area contributed by atoms with Crippen molar-refractivity contribution in [2.45, 2.75) is 77.6 Å². The summed E-state index contributed by atoms with van der Waals surface area (Å²) in [5.41, 5.74) is 12.5. The number of rotatable bonds is 6. The SMILES string of the molecule is CC(C)c1cccc(C(C)C)c1-n1c(-c2ccc3c(c2)c2cc(C4CCCCC4)ccc2n3-c2ccccc2)nc2ccccc21. The van der Waals surface area contributed by atoms with Crippen LogP contribution in [0.2, 0.25) is 0 Å². The van der Waals surface area contributed by atoms with E-state index in [1.807, 2.05) is 0 Å². The van der Waals surface area contributed by atoms with Crippen molar-refractivity contribution in [2.24, 2.45) is 0 Å². The molecule has 2 heterocycles. The smallest absolute Gasteiger partial charge is 0.145 e. The van der Waals surface area contributed by atoms with Crippen molar-refractivity contribution in [2.75, 3.05) is 0 Å². The lowest BCUT2D eigenvalue weighted by molar-refractivity contribution is 0.444. The minimum absolute atomic E-state index is 0.382. The number of aromatic nitrogens is 3. The molecule has 1 aliphatic rings. The molecule has 0 unspecified atom stereocenters. The fourth-order valence-corrected chi connectivity index (χ4v) is 7.94. The molecule has 8 rings (SSSR count). The van der Waals surface area contributed by atoms with Crippen molar-refractivity contribution in [3.63, 3.8) is 0 Å². The summed E-state index contributed by atoms with van der Waals surface area (Å²) in [4.78, 5) is 5.36. The van der Waals surface area contributed by atoms with E-state index in [-0.39, 0.29) is 0 Å². The zero-order chi connectivity index (χ0) is 31.4. The molecule has 0 radical (unpaired) electrons. The molecule has 0 atom stereocenters. The Bertz CT molecular complexity index is 2160. The molecule has 1 aliphatic carbocycles. The summed E-state index contributed by atoms with van der Waals surface area (Å²) in [6.45, 7) is 9.21. The highest BCUT2D eigenvalue weighted by atomic mass is 15.1. The van der Waals surface area contributed by atoms with Gasteiger partial charge in [0, 0.05) is 22.0 Å². The maximum atomic E-state index is 5.36. The maximum Gasteiger partial charge on any atom is 0.145 e. The van der Waals surface area contributed by atoms with Crippen LogP contribution in [0.15, 0.2) is 109 Å². The van der Waals surface area contributed by atoms with E-state index in [1.165, 1.54) is 82.0 Å². The third kappa shape index (κ3) is 4.76. The van der Waals surface area contributed by atoms with Gasteiger partial charge in [0.15, 0.2) is 0 Å². The molecule has 5 aromatic carbocycles. The first-order valence-electron chi connectivity index (χ1n) is 17.2. The average molecular weight is 602 g/mol. The fraction of sp³-hybridized carbons (Fsp3) is 0.279. The Labute approximate surface area is 272 Å². The van der Waals surface area contributed by atoms with Crippen molar-refractivity contribution >= 4 is 32.8 Å². The number of hydrogen-bond donors (Lipinski definition) is 0. The summed E-state index contributed by atoms with van der Waals surface area (Å²) < 4.78 is 4.89. The molecule has 3 nitrogen and oxygen atoms in total. The second-order valence-electron chi connectivity index (χ2n) is 13.9. The second-order valence-corrected chi connectivity index (χ2v) is 13.9. The first kappa shape index (κ1) is 28.8. The molecule has 3 heteroatoms. The standard InChI is InChI=1S/C43H43N3/c1-28(2)34-18-13-19-35(29(3)4)42(34)46-41-21-12-11-20-38(41)44-43(46)32-23-25-40-37(27-32)36-26-31(30-14-7-5-8-15-30)22-24-39(36)45(40)33-16-9-6-10-17-33/h6,9-13,16-30H,5,7-8,14-15H2,1-4H3. The molecule has 7 aromatic rings. The highest BCUT2D eigenvalue weighted by Gasteiger charge is 2.24. The molecule has 46 heavy (non-hydrogen) atoms. The van der Waals surface area contributed by atoms with E-state index in [0.717, 1.165) is 22.4 Å². The molecule has 1 fully saturated rings. The molecule has 230 valence electrons. The van der Waals surface area contributed by atoms with Gasteiger partial charge >= 0.3 is 0 Å². The molecule has 1 saturated carbocycles. The third-order valence-corrected chi connectivity index (χ3v) is 10.3. The average Bonchev–Trinajstić information content (AvgIpc) is 3.64. The highest BCUT2D eigenvalue weighted by molar-refractivity contribution is 6.10. The van der Waals surface area contributed by atoms with Gasteiger partial charge in [-0.25, -0.2) is 4.98 Å². The molecule has 2 aromatic heterocycles. The molecule has 0 aliphatic heterocycles. The van der Waals surface area contributed by atoms with E-state index < -0.39 is 0 Å². The Morgan fingerprint density at radius 3 is 1.96 bits per heavy atom. The van der Waals surface area contributed by atoms with Gasteiger partial charge in [0.2, 0.25) is 0 Å². The summed E-state index contributed by atoms with van der Waals surface area (Å²) in [6, 6.07) is 40.5. The highest BCUT2D eigenvalue weighted by Crippen LogP contribution is 2.41. The van der Waals surface area contributed by atoms with E-state index in [0.29, 0.717) is 17.8 Å². The summed E-state index contributed by atoms with van der Waals surface area (Å²) in [5.74, 6) is 2.42. The van der Waals surface area contributed by atoms with Crippen LogP contribution in [0.4, 0.5) is 0 Å². The monoisotopic (exact) mass is 601 g/mol. The summed E-state index contributed by atoms with van der Waals surface area (Å²) in [7, 11) is 0. The number of fused-ring (bicyclic) bond motifs is 4. The van der Waals surface area contributed by atoms with Crippen LogP contribution in [0.1, 0.15) is 94.2 Å². The van der Waals surface area contributed by atoms with Gasteiger partial charge in [-0.1, -0.05) is 102 Å². The summed E-state index contributed by atoms with van der Waals surface area (Å²) in [5, 5.41) is 2.62. The van der Waals surface area contributed by atoms with Gasteiger partial charge < -0.3 is 4.57 Å². The normalized spacial score (nSPS) is 14.4. The van der Waals surface area contributed by atoms with Crippen LogP contribution in [0.25, 0.3) is 55.6 Å². The van der Waals surface area contributed by atoms with Gasteiger partial charge in [0.25, 0.3) is 0 Å². The molecule has 0 spiro atoms. The van der Waals surface area contributed by atoms with Crippen LogP contribution in [-0.4, -0.2) is 14.1 Å². The Morgan fingerprint density at radius 2 is 1.24 bits per heavy atom. The minimum Gasteiger partial charge on any atom is -0.309 e. The van der Waals surface area contributed by atoms with Crippen molar-refractivity contribution in [1.29, 1.82) is 0 Å². The molecule has 0 saturated heterocycles. The lowest BCUT2D eigenvalue weighted by Gasteiger charge is -2.22. The topological polar surface area (TPSA) is 22.8 Å². The van der Waals surface area contributed by atoms with Crippen LogP contribution in [0, 0.1) is 0 Å². The Hall–Kier alpha value is -4.63. The number of benzene rings is 5. The van der Waals surface area contributed by atoms with Crippen LogP contribution >= 0.6 is 0 Å². The summed E-state index contributed by atoms with van der Waals surface area (Å²) >= 11 is 0. The lowest BCUT2D eigenvalue weighted by Crippen LogP contribution is -2.08. The van der Waals surface area contributed by atoms with Crippen LogP contribution in [0.5, 0.6) is 0 Å². The molecule has 0 amide bonds. The largest absolute Gasteiger partial charge is 0.309 e. The quantitative estimate of drug-likeness (QED) is 0.186. The minimum atomic E-state index is 0.382. The Balaban J connectivity index is 1.42. The number of hydrogen-bond acceptors (Lipinski definition) is 1. The predicted octanol–water partition coefficient (Wildman–Crippen LogP) is 12.1. The van der Waals surface area contributed by atoms with E-state index in [4.69, 9.17) is 4.98 Å². The van der Waals surface area contributed by atoms with Gasteiger partial charge in [0.05, 0.1) is 27.8 Å².